The third kappa shape index (κ3) is 0.365. The van der Waals surface area contributed by atoms with Crippen molar-refractivity contribution in [2.75, 3.05) is 0 Å². The molecule has 0 spiro atoms. The summed E-state index contributed by atoms with van der Waals surface area (Å²) in [5.41, 5.74) is 0. The maximum atomic E-state index is 9.03. The predicted molar refractivity (Wildman–Crippen MR) is 31.4 cm³/mol. The van der Waals surface area contributed by atoms with Gasteiger partial charge in [-0.15, -0.1) is 0 Å². The van der Waals surface area contributed by atoms with Crippen molar-refractivity contribution in [2.45, 2.75) is 6.42 Å². The van der Waals surface area contributed by atoms with Gasteiger partial charge in [-0.25, -0.2) is 0 Å². The Hall–Kier alpha value is -0.720. The lowest BCUT2D eigenvalue weighted by molar-refractivity contribution is 0.367. The van der Waals surface area contributed by atoms with E-state index in [1.807, 2.05) is 6.08 Å². The summed E-state index contributed by atoms with van der Waals surface area (Å²) in [5.74, 6) is 1.51. The topological polar surface area (TPSA) is 20.2 Å². The quantitative estimate of drug-likeness (QED) is 0.467. The van der Waals surface area contributed by atoms with Gasteiger partial charge in [0.2, 0.25) is 0 Å². The van der Waals surface area contributed by atoms with E-state index < -0.39 is 0 Å². The highest BCUT2D eigenvalue weighted by Crippen LogP contribution is 2.36. The lowest BCUT2D eigenvalue weighted by atomic mass is 10.1. The highest BCUT2D eigenvalue weighted by molar-refractivity contribution is 5.25. The van der Waals surface area contributed by atoms with Crippen LogP contribution in [0.5, 0.6) is 0 Å². The first kappa shape index (κ1) is 4.19. The normalized spacial score (nSPS) is 40.8. The molecule has 8 heavy (non-hydrogen) atoms. The Labute approximate surface area is 48.3 Å². The predicted octanol–water partition coefficient (Wildman–Crippen LogP) is 1.63. The van der Waals surface area contributed by atoms with Gasteiger partial charge < -0.3 is 5.11 Å². The smallest absolute Gasteiger partial charge is 0.0957 e. The van der Waals surface area contributed by atoms with E-state index in [4.69, 9.17) is 5.11 Å². The van der Waals surface area contributed by atoms with Crippen molar-refractivity contribution < 1.29 is 5.11 Å². The molecule has 0 aliphatic heterocycles. The van der Waals surface area contributed by atoms with Crippen molar-refractivity contribution in [3.63, 3.8) is 0 Å². The van der Waals surface area contributed by atoms with Crippen LogP contribution in [0, 0.1) is 11.8 Å². The first-order chi connectivity index (χ1) is 3.86. The van der Waals surface area contributed by atoms with E-state index >= 15 is 0 Å². The second kappa shape index (κ2) is 1.16. The fourth-order valence-electron chi connectivity index (χ4n) is 1.41. The molecule has 1 heteroatoms. The summed E-state index contributed by atoms with van der Waals surface area (Å²) in [7, 11) is 0. The van der Waals surface area contributed by atoms with E-state index in [0.717, 1.165) is 6.42 Å². The van der Waals surface area contributed by atoms with E-state index in [1.165, 1.54) is 0 Å². The molecule has 0 aromatic carbocycles. The molecule has 1 nitrogen and oxygen atoms in total. The first-order valence-electron chi connectivity index (χ1n) is 2.95. The third-order valence-electron chi connectivity index (χ3n) is 1.88. The molecule has 0 aromatic rings. The zero-order valence-corrected chi connectivity index (χ0v) is 4.54. The molecule has 0 saturated heterocycles. The monoisotopic (exact) mass is 108 g/mol. The summed E-state index contributed by atoms with van der Waals surface area (Å²) in [6.45, 7) is 0. The van der Waals surface area contributed by atoms with Crippen molar-refractivity contribution in [2.24, 2.45) is 11.8 Å². The molecule has 0 unspecified atom stereocenters. The maximum absolute atomic E-state index is 9.03. The van der Waals surface area contributed by atoms with Gasteiger partial charge in [0.1, 0.15) is 0 Å². The van der Waals surface area contributed by atoms with Crippen molar-refractivity contribution in [1.29, 1.82) is 0 Å². The highest BCUT2D eigenvalue weighted by Gasteiger charge is 2.27. The Morgan fingerprint density at radius 1 is 1.50 bits per heavy atom. The van der Waals surface area contributed by atoms with E-state index in [1.54, 1.807) is 0 Å². The summed E-state index contributed by atoms with van der Waals surface area (Å²) in [5, 5.41) is 9.03. The SMILES string of the molecule is OC1=C[C@@H]2C=C[C@H]1C2. The molecule has 2 rings (SSSR count). The van der Waals surface area contributed by atoms with Crippen LogP contribution in [0.4, 0.5) is 0 Å². The van der Waals surface area contributed by atoms with Gasteiger partial charge in [-0.2, -0.15) is 0 Å². The number of aliphatic hydroxyl groups is 1. The molecule has 0 amide bonds. The summed E-state index contributed by atoms with van der Waals surface area (Å²) in [6.07, 6.45) is 7.29. The Morgan fingerprint density at radius 2 is 2.38 bits per heavy atom. The molecular formula is C7H8O. The van der Waals surface area contributed by atoms with Gasteiger partial charge >= 0.3 is 0 Å². The van der Waals surface area contributed by atoms with Crippen LogP contribution in [0.15, 0.2) is 24.0 Å². The highest BCUT2D eigenvalue weighted by atomic mass is 16.3. The lowest BCUT2D eigenvalue weighted by Crippen LogP contribution is -1.89. The standard InChI is InChI=1S/C7H8O/c8-7-4-5-1-2-6(7)3-5/h1-2,4-6,8H,3H2/t5-,6+/m1/s1. The van der Waals surface area contributed by atoms with Crippen molar-refractivity contribution >= 4 is 0 Å². The van der Waals surface area contributed by atoms with E-state index in [-0.39, 0.29) is 0 Å². The fourth-order valence-corrected chi connectivity index (χ4v) is 1.41. The second-order valence-electron chi connectivity index (χ2n) is 2.48. The van der Waals surface area contributed by atoms with Gasteiger partial charge in [-0.1, -0.05) is 12.2 Å². The largest absolute Gasteiger partial charge is 0.512 e. The van der Waals surface area contributed by atoms with Crippen LogP contribution in [-0.2, 0) is 0 Å². The lowest BCUT2D eigenvalue weighted by Gasteiger charge is -1.98. The Balaban J connectivity index is 2.36. The molecule has 0 heterocycles. The zero-order chi connectivity index (χ0) is 5.56. The summed E-state index contributed by atoms with van der Waals surface area (Å²) >= 11 is 0. The molecule has 0 aromatic heterocycles. The molecule has 42 valence electrons. The average molecular weight is 108 g/mol. The van der Waals surface area contributed by atoms with Gasteiger partial charge in [0, 0.05) is 5.92 Å². The minimum absolute atomic E-state index is 0.375. The van der Waals surface area contributed by atoms with Gasteiger partial charge in [-0.3, -0.25) is 0 Å². The van der Waals surface area contributed by atoms with Crippen LogP contribution >= 0.6 is 0 Å². The van der Waals surface area contributed by atoms with Crippen LogP contribution in [0.1, 0.15) is 6.42 Å². The number of hydrogen-bond donors (Lipinski definition) is 1. The zero-order valence-electron chi connectivity index (χ0n) is 4.54. The fraction of sp³-hybridized carbons (Fsp3) is 0.429. The number of allylic oxidation sites excluding steroid dienone is 3. The summed E-state index contributed by atoms with van der Waals surface area (Å²) < 4.78 is 0. The van der Waals surface area contributed by atoms with Crippen LogP contribution in [-0.4, -0.2) is 5.11 Å². The Bertz CT molecular complexity index is 167. The number of rotatable bonds is 0. The number of aliphatic hydroxyl groups excluding tert-OH is 1. The Morgan fingerprint density at radius 3 is 2.62 bits per heavy atom. The summed E-state index contributed by atoms with van der Waals surface area (Å²) in [6, 6.07) is 0. The number of hydrogen-bond acceptors (Lipinski definition) is 1. The van der Waals surface area contributed by atoms with Crippen LogP contribution < -0.4 is 0 Å². The number of fused-ring (bicyclic) bond motifs is 2. The van der Waals surface area contributed by atoms with E-state index in [9.17, 15) is 0 Å². The van der Waals surface area contributed by atoms with Crippen LogP contribution in [0.2, 0.25) is 0 Å². The Kier molecular flexibility index (Phi) is 0.608. The maximum Gasteiger partial charge on any atom is 0.0957 e. The van der Waals surface area contributed by atoms with E-state index in [0.29, 0.717) is 17.6 Å². The third-order valence-corrected chi connectivity index (χ3v) is 1.88. The molecule has 2 aliphatic rings. The molecular weight excluding hydrogens is 100 g/mol. The first-order valence-corrected chi connectivity index (χ1v) is 2.95. The van der Waals surface area contributed by atoms with Gasteiger partial charge in [0.25, 0.3) is 0 Å². The van der Waals surface area contributed by atoms with E-state index in [2.05, 4.69) is 12.2 Å². The average Bonchev–Trinajstić information content (AvgIpc) is 2.23. The second-order valence-corrected chi connectivity index (χ2v) is 2.48. The molecule has 2 atom stereocenters. The minimum Gasteiger partial charge on any atom is -0.512 e. The van der Waals surface area contributed by atoms with Gasteiger partial charge in [0.05, 0.1) is 5.76 Å². The molecule has 0 saturated carbocycles. The van der Waals surface area contributed by atoms with Gasteiger partial charge in [0.15, 0.2) is 0 Å². The van der Waals surface area contributed by atoms with Gasteiger partial charge in [-0.05, 0) is 18.4 Å². The summed E-state index contributed by atoms with van der Waals surface area (Å²) in [4.78, 5) is 0. The van der Waals surface area contributed by atoms with Crippen LogP contribution in [0.25, 0.3) is 0 Å². The molecule has 2 aliphatic carbocycles. The molecule has 2 bridgehead atoms. The van der Waals surface area contributed by atoms with Crippen molar-refractivity contribution in [3.05, 3.63) is 24.0 Å². The van der Waals surface area contributed by atoms with Crippen molar-refractivity contribution in [1.82, 2.24) is 0 Å². The molecule has 1 N–H and O–H groups in total. The minimum atomic E-state index is 0.375. The van der Waals surface area contributed by atoms with Crippen LogP contribution in [0.3, 0.4) is 0 Å². The molecule has 0 radical (unpaired) electrons. The molecule has 0 fully saturated rings. The van der Waals surface area contributed by atoms with Crippen molar-refractivity contribution in [3.8, 4) is 0 Å².